The van der Waals surface area contributed by atoms with Crippen LogP contribution in [0.1, 0.15) is 26.7 Å². The van der Waals surface area contributed by atoms with Gasteiger partial charge in [-0.15, -0.1) is 0 Å². The van der Waals surface area contributed by atoms with Crippen molar-refractivity contribution in [2.45, 2.75) is 26.7 Å². The Hall–Kier alpha value is 0.103. The normalized spacial score (nSPS) is 19.0. The second kappa shape index (κ2) is 4.08. The van der Waals surface area contributed by atoms with Crippen LogP contribution in [-0.4, -0.2) is 0 Å². The molecule has 0 heterocycles. The third kappa shape index (κ3) is 1.79. The second-order valence-corrected chi connectivity index (χ2v) is 2.66. The van der Waals surface area contributed by atoms with Crippen molar-refractivity contribution in [2.75, 3.05) is 0 Å². The van der Waals surface area contributed by atoms with Crippen molar-refractivity contribution in [2.24, 2.45) is 5.41 Å². The average molecular weight is 223 g/mol. The minimum Gasteiger partial charge on any atom is -0.0746 e. The van der Waals surface area contributed by atoms with E-state index in [0.717, 1.165) is 0 Å². The Balaban J connectivity index is 0.000000810. The van der Waals surface area contributed by atoms with Gasteiger partial charge in [-0.2, -0.15) is 0 Å². The van der Waals surface area contributed by atoms with E-state index in [1.807, 2.05) is 0 Å². The molecule has 0 saturated heterocycles. The van der Waals surface area contributed by atoms with Crippen molar-refractivity contribution in [1.82, 2.24) is 0 Å². The molecule has 0 aromatic heterocycles. The Morgan fingerprint density at radius 1 is 1.00 bits per heavy atom. The Bertz CT molecular complexity index is 127. The molecular formula is C9H14Ru. The predicted octanol–water partition coefficient (Wildman–Crippen LogP) is 2.92. The van der Waals surface area contributed by atoms with Crippen molar-refractivity contribution >= 4 is 0 Å². The molecule has 10 heavy (non-hydrogen) atoms. The van der Waals surface area contributed by atoms with Crippen LogP contribution in [0.3, 0.4) is 0 Å². The molecule has 0 bridgehead atoms. The van der Waals surface area contributed by atoms with Crippen LogP contribution in [0, 0.1) is 5.41 Å². The smallest absolute Gasteiger partial charge is 0.00619 e. The van der Waals surface area contributed by atoms with Crippen LogP contribution in [0.15, 0.2) is 24.3 Å². The Morgan fingerprint density at radius 2 is 1.40 bits per heavy atom. The summed E-state index contributed by atoms with van der Waals surface area (Å²) in [6, 6.07) is 0. The largest absolute Gasteiger partial charge is 0.0746 e. The van der Waals surface area contributed by atoms with Crippen LogP contribution in [-0.2, 0) is 19.5 Å². The molecule has 1 rings (SSSR count). The summed E-state index contributed by atoms with van der Waals surface area (Å²) in [5, 5.41) is 0. The van der Waals surface area contributed by atoms with Crippen molar-refractivity contribution in [3.8, 4) is 0 Å². The van der Waals surface area contributed by atoms with Gasteiger partial charge in [0.2, 0.25) is 0 Å². The second-order valence-electron chi connectivity index (χ2n) is 2.66. The topological polar surface area (TPSA) is 0 Å². The van der Waals surface area contributed by atoms with E-state index >= 15 is 0 Å². The van der Waals surface area contributed by atoms with Gasteiger partial charge in [0.25, 0.3) is 0 Å². The molecule has 0 N–H and O–H groups in total. The first-order chi connectivity index (χ1) is 4.33. The number of hydrogen-bond acceptors (Lipinski definition) is 0. The van der Waals surface area contributed by atoms with Gasteiger partial charge in [0.1, 0.15) is 0 Å². The van der Waals surface area contributed by atoms with Crippen molar-refractivity contribution in [3.05, 3.63) is 24.3 Å². The molecule has 0 fully saturated rings. The van der Waals surface area contributed by atoms with Gasteiger partial charge in [0.15, 0.2) is 0 Å². The molecule has 0 amide bonds. The number of allylic oxidation sites excluding steroid dienone is 4. The molecule has 0 aromatic rings. The SMILES string of the molecule is CCC1(CC)C=CC=C1.[Ru]. The molecule has 58 valence electrons. The number of hydrogen-bond donors (Lipinski definition) is 0. The fourth-order valence-electron chi connectivity index (χ4n) is 1.27. The third-order valence-corrected chi connectivity index (χ3v) is 2.28. The maximum Gasteiger partial charge on any atom is 0.00619 e. The van der Waals surface area contributed by atoms with Crippen LogP contribution in [0.5, 0.6) is 0 Å². The first-order valence-electron chi connectivity index (χ1n) is 3.70. The van der Waals surface area contributed by atoms with Crippen LogP contribution in [0.25, 0.3) is 0 Å². The summed E-state index contributed by atoms with van der Waals surface area (Å²) in [4.78, 5) is 0. The van der Waals surface area contributed by atoms with Gasteiger partial charge < -0.3 is 0 Å². The summed E-state index contributed by atoms with van der Waals surface area (Å²) in [7, 11) is 0. The standard InChI is InChI=1S/C9H14.Ru/c1-3-9(4-2)7-5-6-8-9;/h5-8H,3-4H2,1-2H3;. The first-order valence-corrected chi connectivity index (χ1v) is 3.70. The summed E-state index contributed by atoms with van der Waals surface area (Å²) in [6.07, 6.45) is 11.4. The third-order valence-electron chi connectivity index (χ3n) is 2.28. The first kappa shape index (κ1) is 10.1. The maximum atomic E-state index is 2.30. The molecule has 0 aromatic carbocycles. The molecule has 0 aliphatic heterocycles. The van der Waals surface area contributed by atoms with Gasteiger partial charge in [0.05, 0.1) is 0 Å². The van der Waals surface area contributed by atoms with Gasteiger partial charge in [-0.25, -0.2) is 0 Å². The van der Waals surface area contributed by atoms with Gasteiger partial charge in [-0.05, 0) is 12.8 Å². The van der Waals surface area contributed by atoms with Gasteiger partial charge in [-0.1, -0.05) is 38.2 Å². The minimum atomic E-state index is 0. The van der Waals surface area contributed by atoms with E-state index in [1.54, 1.807) is 0 Å². The summed E-state index contributed by atoms with van der Waals surface area (Å²) < 4.78 is 0. The number of rotatable bonds is 2. The van der Waals surface area contributed by atoms with Crippen LogP contribution in [0.2, 0.25) is 0 Å². The van der Waals surface area contributed by atoms with Crippen molar-refractivity contribution < 1.29 is 19.5 Å². The van der Waals surface area contributed by atoms with E-state index in [0.29, 0.717) is 5.41 Å². The fraction of sp³-hybridized carbons (Fsp3) is 0.556. The quantitative estimate of drug-likeness (QED) is 0.631. The average Bonchev–Trinajstić information content (AvgIpc) is 2.36. The van der Waals surface area contributed by atoms with E-state index in [1.165, 1.54) is 12.8 Å². The Kier molecular flexibility index (Phi) is 4.12. The zero-order chi connectivity index (χ0) is 6.74. The molecule has 1 aliphatic carbocycles. The molecule has 0 atom stereocenters. The summed E-state index contributed by atoms with van der Waals surface area (Å²) >= 11 is 0. The summed E-state index contributed by atoms with van der Waals surface area (Å²) in [5.41, 5.74) is 0.417. The minimum absolute atomic E-state index is 0. The maximum absolute atomic E-state index is 2.30. The van der Waals surface area contributed by atoms with Gasteiger partial charge >= 0.3 is 0 Å². The zero-order valence-electron chi connectivity index (χ0n) is 6.58. The van der Waals surface area contributed by atoms with E-state index in [4.69, 9.17) is 0 Å². The van der Waals surface area contributed by atoms with Crippen molar-refractivity contribution in [3.63, 3.8) is 0 Å². The van der Waals surface area contributed by atoms with E-state index in [2.05, 4.69) is 38.2 Å². The molecule has 0 nitrogen and oxygen atoms in total. The van der Waals surface area contributed by atoms with Crippen LogP contribution >= 0.6 is 0 Å². The molecule has 0 saturated carbocycles. The fourth-order valence-corrected chi connectivity index (χ4v) is 1.27. The predicted molar refractivity (Wildman–Crippen MR) is 41.3 cm³/mol. The molecule has 1 heteroatoms. The summed E-state index contributed by atoms with van der Waals surface area (Å²) in [6.45, 7) is 4.48. The molecule has 0 spiro atoms. The Labute approximate surface area is 76.2 Å². The molecular weight excluding hydrogens is 209 g/mol. The van der Waals surface area contributed by atoms with Gasteiger partial charge in [0, 0.05) is 24.9 Å². The Morgan fingerprint density at radius 3 is 1.60 bits per heavy atom. The van der Waals surface area contributed by atoms with Crippen molar-refractivity contribution in [1.29, 1.82) is 0 Å². The van der Waals surface area contributed by atoms with E-state index in [9.17, 15) is 0 Å². The van der Waals surface area contributed by atoms with Gasteiger partial charge in [-0.3, -0.25) is 0 Å². The van der Waals surface area contributed by atoms with E-state index in [-0.39, 0.29) is 19.5 Å². The molecule has 0 unspecified atom stereocenters. The van der Waals surface area contributed by atoms with Crippen LogP contribution in [0.4, 0.5) is 0 Å². The van der Waals surface area contributed by atoms with E-state index < -0.39 is 0 Å². The van der Waals surface area contributed by atoms with Crippen LogP contribution < -0.4 is 0 Å². The summed E-state index contributed by atoms with van der Waals surface area (Å²) in [5.74, 6) is 0. The molecule has 1 aliphatic rings. The monoisotopic (exact) mass is 224 g/mol. The molecule has 0 radical (unpaired) electrons. The zero-order valence-corrected chi connectivity index (χ0v) is 8.32.